The molecule has 0 aliphatic carbocycles. The van der Waals surface area contributed by atoms with E-state index in [0.717, 1.165) is 44.5 Å². The van der Waals surface area contributed by atoms with E-state index in [0.29, 0.717) is 27.7 Å². The number of fused-ring (bicyclic) bond motifs is 4. The molecule has 0 aliphatic heterocycles. The molecule has 0 amide bonds. The number of hydrogen-bond donors (Lipinski definition) is 0. The first-order valence-electron chi connectivity index (χ1n) is 19.2. The van der Waals surface area contributed by atoms with Crippen LogP contribution in [0.4, 0.5) is 0 Å². The predicted molar refractivity (Wildman–Crippen MR) is 210 cm³/mol. The third kappa shape index (κ3) is 7.52. The first kappa shape index (κ1) is 30.0. The van der Waals surface area contributed by atoms with Crippen molar-refractivity contribution in [2.45, 2.75) is 53.6 Å². The molecule has 51 heavy (non-hydrogen) atoms. The summed E-state index contributed by atoms with van der Waals surface area (Å²) < 4.78 is 50.2. The molecule has 8 rings (SSSR count). The topological polar surface area (TPSA) is 56.7 Å². The van der Waals surface area contributed by atoms with Crippen LogP contribution in [0.3, 0.4) is 0 Å². The maximum atomic E-state index is 8.87. The van der Waals surface area contributed by atoms with Crippen LogP contribution in [0.2, 0.25) is 19.6 Å². The molecule has 8 aromatic rings. The van der Waals surface area contributed by atoms with Gasteiger partial charge in [0.1, 0.15) is 0 Å². The fourth-order valence-corrected chi connectivity index (χ4v) is 7.98. The number of rotatable bonds is 5. The van der Waals surface area contributed by atoms with Crippen molar-refractivity contribution in [1.29, 1.82) is 0 Å². The Bertz CT molecular complexity index is 2650. The van der Waals surface area contributed by atoms with E-state index in [4.69, 9.17) is 16.3 Å². The van der Waals surface area contributed by atoms with Gasteiger partial charge in [0.25, 0.3) is 0 Å². The Morgan fingerprint density at radius 1 is 0.843 bits per heavy atom. The van der Waals surface area contributed by atoms with Gasteiger partial charge in [0.2, 0.25) is 5.71 Å². The fraction of sp³-hybridized carbons (Fsp3) is 0.205. The van der Waals surface area contributed by atoms with Crippen molar-refractivity contribution in [1.82, 2.24) is 19.5 Å². The van der Waals surface area contributed by atoms with Crippen LogP contribution in [0, 0.1) is 24.4 Å². The van der Waals surface area contributed by atoms with Crippen molar-refractivity contribution in [2.75, 3.05) is 0 Å². The summed E-state index contributed by atoms with van der Waals surface area (Å²) in [5, 5.41) is 2.61. The van der Waals surface area contributed by atoms with Crippen LogP contribution in [0.1, 0.15) is 38.9 Å². The number of pyridine rings is 2. The van der Waals surface area contributed by atoms with E-state index in [1.54, 1.807) is 18.3 Å². The van der Waals surface area contributed by atoms with E-state index in [-0.39, 0.29) is 25.8 Å². The molecular formula is C44H42IrN4OSi-2. The van der Waals surface area contributed by atoms with Gasteiger partial charge in [-0.05, 0) is 65.9 Å². The van der Waals surface area contributed by atoms with Crippen molar-refractivity contribution in [2.24, 2.45) is 5.41 Å². The maximum Gasteiger partial charge on any atom is 0.216 e. The largest absolute Gasteiger partial charge is 0.486 e. The van der Waals surface area contributed by atoms with Crippen LogP contribution in [0.15, 0.2) is 120 Å². The fourth-order valence-electron chi connectivity index (χ4n) is 6.27. The molecule has 0 saturated carbocycles. The van der Waals surface area contributed by atoms with Crippen LogP contribution in [0.5, 0.6) is 0 Å². The molecule has 0 bridgehead atoms. The van der Waals surface area contributed by atoms with Crippen molar-refractivity contribution in [3.63, 3.8) is 0 Å². The normalized spacial score (nSPS) is 13.7. The second-order valence-corrected chi connectivity index (χ2v) is 19.3. The molecule has 0 atom stereocenters. The van der Waals surface area contributed by atoms with Gasteiger partial charge in [-0.1, -0.05) is 93.3 Å². The quantitative estimate of drug-likeness (QED) is 0.128. The van der Waals surface area contributed by atoms with Crippen molar-refractivity contribution in [3.05, 3.63) is 139 Å². The molecule has 259 valence electrons. The van der Waals surface area contributed by atoms with E-state index in [9.17, 15) is 0 Å². The molecule has 1 radical (unpaired) electrons. The zero-order valence-corrected chi connectivity index (χ0v) is 32.9. The van der Waals surface area contributed by atoms with Gasteiger partial charge >= 0.3 is 0 Å². The summed E-state index contributed by atoms with van der Waals surface area (Å²) in [7, 11) is -2.22. The zero-order chi connectivity index (χ0) is 39.3. The number of benzene rings is 4. The summed E-state index contributed by atoms with van der Waals surface area (Å²) >= 11 is 0. The molecule has 0 saturated heterocycles. The van der Waals surface area contributed by atoms with Gasteiger partial charge in [0.15, 0.2) is 0 Å². The van der Waals surface area contributed by atoms with Crippen molar-refractivity contribution >= 4 is 46.4 Å². The minimum absolute atomic E-state index is 0. The van der Waals surface area contributed by atoms with Gasteiger partial charge < -0.3 is 14.0 Å². The monoisotopic (exact) mass is 868 g/mol. The first-order valence-corrected chi connectivity index (χ1v) is 20.2. The number of hydrogen-bond acceptors (Lipinski definition) is 4. The Morgan fingerprint density at radius 2 is 1.61 bits per heavy atom. The summed E-state index contributed by atoms with van der Waals surface area (Å²) in [5.41, 5.74) is 6.12. The van der Waals surface area contributed by atoms with E-state index in [2.05, 4.69) is 44.9 Å². The number of para-hydroxylation sites is 3. The summed E-state index contributed by atoms with van der Waals surface area (Å²) in [6.07, 6.45) is 0.0302. The minimum Gasteiger partial charge on any atom is -0.486 e. The molecule has 0 unspecified atom stereocenters. The molecule has 0 fully saturated rings. The Kier molecular flexibility index (Phi) is 8.53. The first-order chi connectivity index (χ1) is 26.0. The minimum atomic E-state index is -2.41. The van der Waals surface area contributed by atoms with Gasteiger partial charge in [-0.25, -0.2) is 4.98 Å². The Hall–Kier alpha value is -4.68. The predicted octanol–water partition coefficient (Wildman–Crippen LogP) is 10.8. The van der Waals surface area contributed by atoms with E-state index in [1.807, 2.05) is 119 Å². The SMILES string of the molecule is [2H]C([2H])([2H])c1nc(-c2[c-]cccc2)cc(C([2H])([2H])C(C)(C)C)c1[Si](C)(C)C.[Ir].[c-]1ccc2c(oc3ncccc32)c1-c1nc2ccccc2n1-c1ccccc1. The van der Waals surface area contributed by atoms with Crippen LogP contribution >= 0.6 is 0 Å². The summed E-state index contributed by atoms with van der Waals surface area (Å²) in [6, 6.07) is 41.7. The van der Waals surface area contributed by atoms with Crippen LogP contribution < -0.4 is 5.19 Å². The molecule has 7 heteroatoms. The molecule has 4 heterocycles. The second kappa shape index (κ2) is 14.5. The Morgan fingerprint density at radius 3 is 2.33 bits per heavy atom. The molecular weight excluding hydrogens is 821 g/mol. The Labute approximate surface area is 322 Å². The molecule has 0 spiro atoms. The van der Waals surface area contributed by atoms with E-state index >= 15 is 0 Å². The molecule has 4 aromatic heterocycles. The standard InChI is InChI=1S/C24H14N3O.C20H28NSi.Ir/c1-2-8-16(9-3-1)27-21-14-5-4-13-20(21)26-23(27)19-11-6-10-17-18-12-7-15-25-24(18)28-22(17)19;1-15-19(22(5,6)7)17(14-20(2,3)4)13-18(21-15)16-11-9-8-10-12-16;/h1-10,12-15H;8-11,13H,14H2,1-7H3;/q2*-1;/i;1D3,14D2;. The third-order valence-corrected chi connectivity index (χ3v) is 10.3. The number of nitrogens with zero attached hydrogens (tertiary/aromatic N) is 4. The smallest absolute Gasteiger partial charge is 0.216 e. The maximum absolute atomic E-state index is 8.87. The van der Waals surface area contributed by atoms with Gasteiger partial charge in [-0.3, -0.25) is 4.98 Å². The molecule has 0 aliphatic rings. The Balaban J connectivity index is 0.000000187. The second-order valence-electron chi connectivity index (χ2n) is 14.3. The van der Waals surface area contributed by atoms with Crippen LogP contribution in [0.25, 0.3) is 61.4 Å². The molecule has 0 N–H and O–H groups in total. The third-order valence-electron chi connectivity index (χ3n) is 8.27. The van der Waals surface area contributed by atoms with Crippen LogP contribution in [-0.2, 0) is 26.5 Å². The van der Waals surface area contributed by atoms with E-state index < -0.39 is 26.7 Å². The number of imidazole rings is 1. The summed E-state index contributed by atoms with van der Waals surface area (Å²) in [5.74, 6) is 0.803. The average Bonchev–Trinajstić information content (AvgIpc) is 3.73. The van der Waals surface area contributed by atoms with Gasteiger partial charge in [-0.2, -0.15) is 0 Å². The van der Waals surface area contributed by atoms with E-state index in [1.165, 1.54) is 0 Å². The van der Waals surface area contributed by atoms with Crippen molar-refractivity contribution in [3.8, 4) is 28.3 Å². The van der Waals surface area contributed by atoms with Gasteiger partial charge in [-0.15, -0.1) is 54.1 Å². The summed E-state index contributed by atoms with van der Waals surface area (Å²) in [4.78, 5) is 13.8. The van der Waals surface area contributed by atoms with Crippen LogP contribution in [-0.4, -0.2) is 27.6 Å². The molecule has 5 nitrogen and oxygen atoms in total. The van der Waals surface area contributed by atoms with Gasteiger partial charge in [0.05, 0.1) is 30.5 Å². The van der Waals surface area contributed by atoms with Gasteiger partial charge in [0, 0.05) is 49.9 Å². The molecule has 4 aromatic carbocycles. The average molecular weight is 868 g/mol. The number of aryl methyl sites for hydroxylation is 1. The number of furan rings is 1. The zero-order valence-electron chi connectivity index (χ0n) is 34.5. The van der Waals surface area contributed by atoms with Crippen molar-refractivity contribution < 1.29 is 31.4 Å². The number of aromatic nitrogens is 4. The summed E-state index contributed by atoms with van der Waals surface area (Å²) in [6.45, 7) is 9.21.